The van der Waals surface area contributed by atoms with Gasteiger partial charge < -0.3 is 0 Å². The predicted octanol–water partition coefficient (Wildman–Crippen LogP) is 2.14. The van der Waals surface area contributed by atoms with Gasteiger partial charge in [0.15, 0.2) is 0 Å². The molecule has 1 aromatic carbocycles. The van der Waals surface area contributed by atoms with Crippen LogP contribution < -0.4 is 0 Å². The van der Waals surface area contributed by atoms with Crippen LogP contribution >= 0.6 is 0 Å². The number of benzene rings is 1. The lowest BCUT2D eigenvalue weighted by Gasteiger charge is -2.38. The smallest absolute Gasteiger partial charge is 0.300 e. The number of rotatable bonds is 5. The molecule has 0 unspecified atom stereocenters. The van der Waals surface area contributed by atoms with Gasteiger partial charge in [-0.15, -0.1) is 0 Å². The highest BCUT2D eigenvalue weighted by atomic mass is 32.2. The number of hydroxylamine groups is 3. The number of hydrogen-bond acceptors (Lipinski definition) is 4. The lowest BCUT2D eigenvalue weighted by Crippen LogP contribution is -2.54. The summed E-state index contributed by atoms with van der Waals surface area (Å²) in [6.45, 7) is 5.17. The van der Waals surface area contributed by atoms with E-state index in [2.05, 4.69) is 0 Å². The summed E-state index contributed by atoms with van der Waals surface area (Å²) in [6, 6.07) is 8.18. The van der Waals surface area contributed by atoms with Crippen molar-refractivity contribution in [2.24, 2.45) is 5.92 Å². The molecule has 1 aliphatic rings. The predicted molar refractivity (Wildman–Crippen MR) is 78.7 cm³/mol. The van der Waals surface area contributed by atoms with E-state index in [0.29, 0.717) is 32.5 Å². The third-order valence-electron chi connectivity index (χ3n) is 4.21. The van der Waals surface area contributed by atoms with E-state index in [1.165, 1.54) is 12.1 Å². The van der Waals surface area contributed by atoms with Crippen molar-refractivity contribution in [3.8, 4) is 0 Å². The number of quaternary nitrogens is 1. The Balaban J connectivity index is 2.15. The molecule has 6 heteroatoms. The molecule has 116 valence electrons. The summed E-state index contributed by atoms with van der Waals surface area (Å²) in [5.74, 6) is 0.209. The molecule has 0 saturated carbocycles. The van der Waals surface area contributed by atoms with Crippen LogP contribution in [0.15, 0.2) is 35.2 Å². The van der Waals surface area contributed by atoms with Crippen LogP contribution in [0.2, 0.25) is 0 Å². The van der Waals surface area contributed by atoms with E-state index >= 15 is 0 Å². The van der Waals surface area contributed by atoms with E-state index < -0.39 is 10.1 Å². The van der Waals surface area contributed by atoms with Crippen LogP contribution in [0.1, 0.15) is 26.7 Å². The number of hydrogen-bond donors (Lipinski definition) is 0. The number of nitrogens with zero attached hydrogens (tertiary/aromatic N) is 1. The van der Waals surface area contributed by atoms with Crippen LogP contribution in [0.5, 0.6) is 0 Å². The molecule has 1 aliphatic heterocycles. The Kier molecular flexibility index (Phi) is 4.81. The summed E-state index contributed by atoms with van der Waals surface area (Å²) in [5.41, 5.74) is 0. The van der Waals surface area contributed by atoms with E-state index in [-0.39, 0.29) is 21.2 Å². The first-order chi connectivity index (χ1) is 9.88. The first-order valence-corrected chi connectivity index (χ1v) is 8.67. The molecular weight excluding hydrogens is 290 g/mol. The van der Waals surface area contributed by atoms with Gasteiger partial charge in [-0.3, -0.25) is 4.79 Å². The van der Waals surface area contributed by atoms with Crippen molar-refractivity contribution in [2.45, 2.75) is 31.6 Å². The number of likely N-dealkylation sites (tertiary alicyclic amines) is 1. The monoisotopic (exact) mass is 312 g/mol. The number of piperidine rings is 1. The van der Waals surface area contributed by atoms with Crippen LogP contribution in [-0.2, 0) is 19.2 Å². The number of Topliss-reactive ketones (excluding diaryl/α,β-unsaturated/α-hetero) is 1. The number of carbonyl (C=O) groups is 1. The maximum absolute atomic E-state index is 12.4. The van der Waals surface area contributed by atoms with Gasteiger partial charge in [-0.1, -0.05) is 22.5 Å². The van der Waals surface area contributed by atoms with Gasteiger partial charge in [0.1, 0.15) is 25.4 Å². The zero-order chi connectivity index (χ0) is 15.5. The fourth-order valence-electron chi connectivity index (χ4n) is 2.73. The second kappa shape index (κ2) is 6.25. The molecule has 1 heterocycles. The van der Waals surface area contributed by atoms with Gasteiger partial charge in [-0.2, -0.15) is 13.1 Å². The first kappa shape index (κ1) is 16.1. The largest absolute Gasteiger partial charge is 0.342 e. The van der Waals surface area contributed by atoms with E-state index in [1.807, 2.05) is 6.92 Å². The SMILES string of the molecule is CC[N+]1(OS(=O)(=O)c2ccccc2)CCC(C(C)=O)CC1. The quantitative estimate of drug-likeness (QED) is 0.782. The summed E-state index contributed by atoms with van der Waals surface area (Å²) < 4.78 is 30.3. The van der Waals surface area contributed by atoms with Gasteiger partial charge >= 0.3 is 10.1 Å². The molecule has 0 amide bonds. The summed E-state index contributed by atoms with van der Waals surface area (Å²) in [5, 5.41) is 0. The second-order valence-electron chi connectivity index (χ2n) is 5.55. The minimum absolute atomic E-state index is 0.0332. The molecule has 0 atom stereocenters. The molecular formula is C15H22NO4S+. The van der Waals surface area contributed by atoms with Gasteiger partial charge in [0.25, 0.3) is 0 Å². The fraction of sp³-hybridized carbons (Fsp3) is 0.533. The maximum Gasteiger partial charge on any atom is 0.342 e. The van der Waals surface area contributed by atoms with Gasteiger partial charge in [0.2, 0.25) is 0 Å². The van der Waals surface area contributed by atoms with Crippen LogP contribution in [0.25, 0.3) is 0 Å². The van der Waals surface area contributed by atoms with Gasteiger partial charge in [0, 0.05) is 18.8 Å². The fourth-order valence-corrected chi connectivity index (χ4v) is 3.97. The Morgan fingerprint density at radius 2 is 1.81 bits per heavy atom. The summed E-state index contributed by atoms with van der Waals surface area (Å²) in [7, 11) is -3.78. The van der Waals surface area contributed by atoms with Crippen molar-refractivity contribution in [2.75, 3.05) is 19.6 Å². The second-order valence-corrected chi connectivity index (χ2v) is 7.08. The third-order valence-corrected chi connectivity index (χ3v) is 5.57. The average Bonchev–Trinajstić information content (AvgIpc) is 2.48. The van der Waals surface area contributed by atoms with Gasteiger partial charge in [-0.05, 0) is 26.0 Å². The molecule has 0 bridgehead atoms. The van der Waals surface area contributed by atoms with E-state index in [4.69, 9.17) is 4.28 Å². The molecule has 5 nitrogen and oxygen atoms in total. The minimum Gasteiger partial charge on any atom is -0.300 e. The zero-order valence-electron chi connectivity index (χ0n) is 12.5. The normalized spacial score (nSPS) is 26.5. The molecule has 1 fully saturated rings. The van der Waals surface area contributed by atoms with Crippen molar-refractivity contribution in [1.29, 1.82) is 0 Å². The number of carbonyl (C=O) groups excluding carboxylic acids is 1. The summed E-state index contributed by atoms with van der Waals surface area (Å²) >= 11 is 0. The lowest BCUT2D eigenvalue weighted by molar-refractivity contribution is -1.08. The molecule has 0 radical (unpaired) electrons. The molecule has 0 N–H and O–H groups in total. The highest BCUT2D eigenvalue weighted by Crippen LogP contribution is 2.28. The molecule has 2 rings (SSSR count). The highest BCUT2D eigenvalue weighted by Gasteiger charge is 2.40. The molecule has 1 saturated heterocycles. The van der Waals surface area contributed by atoms with Gasteiger partial charge in [0.05, 0.1) is 4.90 Å². The molecule has 0 aliphatic carbocycles. The van der Waals surface area contributed by atoms with Crippen LogP contribution in [0.3, 0.4) is 0 Å². The Hall–Kier alpha value is -1.24. The van der Waals surface area contributed by atoms with E-state index in [0.717, 1.165) is 0 Å². The van der Waals surface area contributed by atoms with Crippen LogP contribution in [0, 0.1) is 5.92 Å². The Bertz CT molecular complexity index is 589. The first-order valence-electron chi connectivity index (χ1n) is 7.26. The van der Waals surface area contributed by atoms with Crippen molar-refractivity contribution < 1.29 is 22.1 Å². The topological polar surface area (TPSA) is 60.4 Å². The maximum atomic E-state index is 12.4. The summed E-state index contributed by atoms with van der Waals surface area (Å²) in [6.07, 6.45) is 1.35. The Labute approximate surface area is 126 Å². The van der Waals surface area contributed by atoms with Gasteiger partial charge in [-0.25, -0.2) is 0 Å². The van der Waals surface area contributed by atoms with E-state index in [9.17, 15) is 13.2 Å². The van der Waals surface area contributed by atoms with Crippen molar-refractivity contribution in [3.63, 3.8) is 0 Å². The average molecular weight is 312 g/mol. The van der Waals surface area contributed by atoms with Crippen molar-refractivity contribution in [3.05, 3.63) is 30.3 Å². The molecule has 1 aromatic rings. The van der Waals surface area contributed by atoms with Crippen LogP contribution in [-0.4, -0.2) is 38.5 Å². The lowest BCUT2D eigenvalue weighted by atomic mass is 9.93. The van der Waals surface area contributed by atoms with Crippen molar-refractivity contribution in [1.82, 2.24) is 0 Å². The minimum atomic E-state index is -3.78. The number of ketones is 1. The van der Waals surface area contributed by atoms with E-state index in [1.54, 1.807) is 25.1 Å². The van der Waals surface area contributed by atoms with Crippen molar-refractivity contribution >= 4 is 15.9 Å². The Morgan fingerprint density at radius 1 is 1.24 bits per heavy atom. The summed E-state index contributed by atoms with van der Waals surface area (Å²) in [4.78, 5) is 11.6. The molecule has 0 aromatic heterocycles. The third kappa shape index (κ3) is 3.70. The van der Waals surface area contributed by atoms with Crippen LogP contribution in [0.4, 0.5) is 0 Å². The zero-order valence-corrected chi connectivity index (χ0v) is 13.3. The Morgan fingerprint density at radius 3 is 2.29 bits per heavy atom. The highest BCUT2D eigenvalue weighted by molar-refractivity contribution is 7.86. The molecule has 0 spiro atoms. The molecule has 21 heavy (non-hydrogen) atoms. The standard InChI is InChI=1S/C15H22NO4S/c1-3-16(11-9-14(10-12-16)13(2)17)20-21(18,19)15-7-5-4-6-8-15/h4-8,14H,3,9-12H2,1-2H3/q+1.